The predicted molar refractivity (Wildman–Crippen MR) is 204 cm³/mol. The number of benzene rings is 5. The standard InChI is InChI=1S/C42H33N5S/c1-27(46-37-21-11-8-18-30(37)31-19-9-12-22-38(31)46)47(39-24-33-32-20-10-13-23-40(32)48-41(33)25-34(39)43)42-44-35(28-14-4-2-5-15-28)26-36(45-42)29-16-6-3-7-17-29/h2,4-6,8-27H,3,7,43H2,1H3. The van der Waals surface area contributed by atoms with Crippen LogP contribution >= 0.6 is 11.3 Å². The first kappa shape index (κ1) is 28.5. The van der Waals surface area contributed by atoms with E-state index in [1.54, 1.807) is 11.3 Å². The van der Waals surface area contributed by atoms with Crippen LogP contribution in [0, 0.1) is 0 Å². The number of para-hydroxylation sites is 2. The number of rotatable bonds is 6. The first-order valence-corrected chi connectivity index (χ1v) is 17.2. The monoisotopic (exact) mass is 639 g/mol. The Labute approximate surface area is 282 Å². The molecule has 0 saturated carbocycles. The van der Waals surface area contributed by atoms with Gasteiger partial charge in [-0.2, -0.15) is 0 Å². The Morgan fingerprint density at radius 3 is 2.08 bits per heavy atom. The van der Waals surface area contributed by atoms with Crippen molar-refractivity contribution in [3.05, 3.63) is 145 Å². The van der Waals surface area contributed by atoms with Crippen LogP contribution in [0.5, 0.6) is 0 Å². The fourth-order valence-corrected chi connectivity index (χ4v) is 8.32. The van der Waals surface area contributed by atoms with E-state index in [9.17, 15) is 0 Å². The zero-order valence-corrected chi connectivity index (χ0v) is 27.4. The normalized spacial score (nSPS) is 13.8. The van der Waals surface area contributed by atoms with E-state index < -0.39 is 0 Å². The highest BCUT2D eigenvalue weighted by Gasteiger charge is 2.28. The van der Waals surface area contributed by atoms with Crippen molar-refractivity contribution < 1.29 is 0 Å². The van der Waals surface area contributed by atoms with Crippen LogP contribution in [0.2, 0.25) is 0 Å². The predicted octanol–water partition coefficient (Wildman–Crippen LogP) is 11.3. The highest BCUT2D eigenvalue weighted by Crippen LogP contribution is 2.44. The zero-order chi connectivity index (χ0) is 32.2. The molecule has 5 nitrogen and oxygen atoms in total. The van der Waals surface area contributed by atoms with E-state index >= 15 is 0 Å². The summed E-state index contributed by atoms with van der Waals surface area (Å²) < 4.78 is 4.81. The molecule has 0 radical (unpaired) electrons. The number of hydrogen-bond donors (Lipinski definition) is 1. The molecule has 0 fully saturated rings. The minimum atomic E-state index is -0.241. The lowest BCUT2D eigenvalue weighted by molar-refractivity contribution is 0.581. The van der Waals surface area contributed by atoms with Gasteiger partial charge in [0, 0.05) is 36.5 Å². The molecule has 3 heterocycles. The molecule has 9 rings (SSSR count). The van der Waals surface area contributed by atoms with Crippen molar-refractivity contribution in [2.45, 2.75) is 25.9 Å². The quantitative estimate of drug-likeness (QED) is 0.184. The first-order valence-electron chi connectivity index (χ1n) is 16.4. The van der Waals surface area contributed by atoms with Crippen molar-refractivity contribution in [1.29, 1.82) is 0 Å². The lowest BCUT2D eigenvalue weighted by Gasteiger charge is -2.33. The molecule has 1 unspecified atom stereocenters. The number of hydrogen-bond acceptors (Lipinski definition) is 5. The van der Waals surface area contributed by atoms with E-state index in [1.165, 1.54) is 30.9 Å². The topological polar surface area (TPSA) is 60.0 Å². The molecule has 232 valence electrons. The van der Waals surface area contributed by atoms with E-state index in [4.69, 9.17) is 15.7 Å². The van der Waals surface area contributed by atoms with Crippen LogP contribution in [0.3, 0.4) is 0 Å². The Morgan fingerprint density at radius 1 is 0.688 bits per heavy atom. The molecule has 1 aliphatic rings. The molecule has 2 N–H and O–H groups in total. The number of nitrogen functional groups attached to an aromatic ring is 1. The van der Waals surface area contributed by atoms with Crippen LogP contribution in [0.25, 0.3) is 58.8 Å². The second-order valence-electron chi connectivity index (χ2n) is 12.4. The van der Waals surface area contributed by atoms with Crippen molar-refractivity contribution in [3.63, 3.8) is 0 Å². The Morgan fingerprint density at radius 2 is 1.35 bits per heavy atom. The van der Waals surface area contributed by atoms with Crippen molar-refractivity contribution in [2.75, 3.05) is 10.6 Å². The molecule has 1 atom stereocenters. The molecular weight excluding hydrogens is 607 g/mol. The van der Waals surface area contributed by atoms with Crippen LogP contribution in [-0.2, 0) is 0 Å². The van der Waals surface area contributed by atoms with E-state index in [0.717, 1.165) is 52.1 Å². The Hall–Kier alpha value is -5.72. The molecule has 48 heavy (non-hydrogen) atoms. The van der Waals surface area contributed by atoms with Gasteiger partial charge in [0.2, 0.25) is 5.95 Å². The van der Waals surface area contributed by atoms with Crippen LogP contribution < -0.4 is 10.6 Å². The van der Waals surface area contributed by atoms with Crippen LogP contribution in [0.15, 0.2) is 140 Å². The summed E-state index contributed by atoms with van der Waals surface area (Å²) in [6, 6.07) is 42.7. The summed E-state index contributed by atoms with van der Waals surface area (Å²) in [5.41, 5.74) is 14.9. The number of allylic oxidation sites excluding steroid dienone is 4. The summed E-state index contributed by atoms with van der Waals surface area (Å²) in [6.45, 7) is 2.23. The molecule has 6 heteroatoms. The number of fused-ring (bicyclic) bond motifs is 6. The van der Waals surface area contributed by atoms with Crippen LogP contribution in [-0.4, -0.2) is 14.5 Å². The van der Waals surface area contributed by atoms with Gasteiger partial charge in [0.15, 0.2) is 0 Å². The summed E-state index contributed by atoms with van der Waals surface area (Å²) in [6.07, 6.45) is 8.47. The van der Waals surface area contributed by atoms with Crippen molar-refractivity contribution in [2.24, 2.45) is 0 Å². The largest absolute Gasteiger partial charge is 0.397 e. The smallest absolute Gasteiger partial charge is 0.232 e. The number of nitrogens with zero attached hydrogens (tertiary/aromatic N) is 4. The lowest BCUT2D eigenvalue weighted by Crippen LogP contribution is -2.29. The first-order chi connectivity index (χ1) is 23.6. The second kappa shape index (κ2) is 11.5. The van der Waals surface area contributed by atoms with Gasteiger partial charge in [0.05, 0.1) is 33.8 Å². The number of nitrogens with two attached hydrogens (primary N) is 1. The van der Waals surface area contributed by atoms with Crippen molar-refractivity contribution in [1.82, 2.24) is 14.5 Å². The molecule has 5 aromatic carbocycles. The summed E-state index contributed by atoms with van der Waals surface area (Å²) in [5.74, 6) is 0.603. The average molecular weight is 640 g/mol. The molecule has 3 aromatic heterocycles. The van der Waals surface area contributed by atoms with Crippen molar-refractivity contribution >= 4 is 76.2 Å². The van der Waals surface area contributed by atoms with Gasteiger partial charge in [-0.3, -0.25) is 4.90 Å². The van der Waals surface area contributed by atoms with Crippen molar-refractivity contribution in [3.8, 4) is 11.3 Å². The summed E-state index contributed by atoms with van der Waals surface area (Å²) >= 11 is 1.77. The van der Waals surface area contributed by atoms with Gasteiger partial charge >= 0.3 is 0 Å². The summed E-state index contributed by atoms with van der Waals surface area (Å²) in [5, 5.41) is 4.82. The molecule has 0 aliphatic heterocycles. The van der Waals surface area contributed by atoms with E-state index in [2.05, 4.69) is 150 Å². The number of thiophene rings is 1. The molecule has 0 amide bonds. The van der Waals surface area contributed by atoms with Gasteiger partial charge in [-0.25, -0.2) is 9.97 Å². The van der Waals surface area contributed by atoms with Gasteiger partial charge in [0.25, 0.3) is 0 Å². The van der Waals surface area contributed by atoms with Crippen LogP contribution in [0.4, 0.5) is 17.3 Å². The highest BCUT2D eigenvalue weighted by molar-refractivity contribution is 7.25. The average Bonchev–Trinajstić information content (AvgIpc) is 3.67. The minimum Gasteiger partial charge on any atom is -0.397 e. The third kappa shape index (κ3) is 4.68. The maximum Gasteiger partial charge on any atom is 0.232 e. The third-order valence-corrected chi connectivity index (χ3v) is 10.6. The SMILES string of the molecule is CC(N(c1nc(C2=CCCC=C2)cc(-c2ccccc2)n1)c1cc2c(cc1N)sc1ccccc12)n1c2ccccc2c2ccccc21. The number of anilines is 3. The third-order valence-electron chi connectivity index (χ3n) is 9.44. The summed E-state index contributed by atoms with van der Waals surface area (Å²) in [7, 11) is 0. The van der Waals surface area contributed by atoms with Crippen LogP contribution in [0.1, 0.15) is 31.6 Å². The fourth-order valence-electron chi connectivity index (χ4n) is 7.18. The molecule has 0 spiro atoms. The second-order valence-corrected chi connectivity index (χ2v) is 13.4. The molecular formula is C42H33N5S. The Balaban J connectivity index is 1.35. The van der Waals surface area contributed by atoms with E-state index in [0.29, 0.717) is 11.6 Å². The zero-order valence-electron chi connectivity index (χ0n) is 26.5. The fraction of sp³-hybridized carbons (Fsp3) is 0.0952. The summed E-state index contributed by atoms with van der Waals surface area (Å²) in [4.78, 5) is 12.9. The maximum atomic E-state index is 7.07. The Kier molecular flexibility index (Phi) is 6.83. The number of aromatic nitrogens is 3. The minimum absolute atomic E-state index is 0.241. The molecule has 1 aliphatic carbocycles. The highest BCUT2D eigenvalue weighted by atomic mass is 32.1. The van der Waals surface area contributed by atoms with Gasteiger partial charge in [-0.05, 0) is 61.7 Å². The van der Waals surface area contributed by atoms with Gasteiger partial charge in [-0.15, -0.1) is 11.3 Å². The van der Waals surface area contributed by atoms with Gasteiger partial charge in [-0.1, -0.05) is 103 Å². The molecule has 0 saturated heterocycles. The maximum absolute atomic E-state index is 7.07. The van der Waals surface area contributed by atoms with Gasteiger partial charge in [0.1, 0.15) is 6.17 Å². The lowest BCUT2D eigenvalue weighted by atomic mass is 10.0. The van der Waals surface area contributed by atoms with E-state index in [1.807, 2.05) is 6.07 Å². The molecule has 0 bridgehead atoms. The van der Waals surface area contributed by atoms with E-state index in [-0.39, 0.29) is 6.17 Å². The Bertz CT molecular complexity index is 2500. The molecule has 8 aromatic rings. The van der Waals surface area contributed by atoms with Gasteiger partial charge < -0.3 is 10.3 Å².